The zero-order chi connectivity index (χ0) is 33.2. The maximum absolute atomic E-state index is 14.2. The number of hydrogen-bond donors (Lipinski definition) is 3. The zero-order valence-corrected chi connectivity index (χ0v) is 28.4. The van der Waals surface area contributed by atoms with Crippen LogP contribution in [0.4, 0.5) is 0 Å². The third kappa shape index (κ3) is 6.93. The van der Waals surface area contributed by atoms with E-state index in [0.717, 1.165) is 18.4 Å². The van der Waals surface area contributed by atoms with Gasteiger partial charge in [-0.15, -0.1) is 22.7 Å². The Morgan fingerprint density at radius 3 is 2.36 bits per heavy atom. The quantitative estimate of drug-likeness (QED) is 0.379. The maximum Gasteiger partial charge on any atom is 0.271 e. The Kier molecular flexibility index (Phi) is 9.69. The summed E-state index contributed by atoms with van der Waals surface area (Å²) in [5.74, 6) is -1.04. The molecule has 1 aromatic carbocycles. The molecule has 3 N–H and O–H groups in total. The van der Waals surface area contributed by atoms with Crippen molar-refractivity contribution in [1.82, 2.24) is 30.8 Å². The summed E-state index contributed by atoms with van der Waals surface area (Å²) in [6.45, 7) is 8.13. The van der Waals surface area contributed by atoms with E-state index >= 15 is 0 Å². The third-order valence-corrected chi connectivity index (χ3v) is 11.0. The van der Waals surface area contributed by atoms with Crippen LogP contribution < -0.4 is 16.0 Å². The molecule has 0 aliphatic carbocycles. The second-order valence-electron chi connectivity index (χ2n) is 12.3. The molecule has 4 amide bonds. The molecule has 3 aliphatic heterocycles. The summed E-state index contributed by atoms with van der Waals surface area (Å²) in [6, 6.07) is 6.43. The van der Waals surface area contributed by atoms with Crippen LogP contribution in [0.3, 0.4) is 0 Å². The number of aliphatic imine (C=N–C) groups is 1. The third-order valence-electron chi connectivity index (χ3n) is 9.00. The van der Waals surface area contributed by atoms with Gasteiger partial charge in [0.1, 0.15) is 39.6 Å². The minimum Gasteiger partial charge on any atom is -0.474 e. The van der Waals surface area contributed by atoms with Crippen LogP contribution in [-0.4, -0.2) is 75.2 Å². The standard InChI is InChI=1S/C33H39N7O5S2/c1-5-17(2)25-32-37-22(16-47-32)27(41)34-18(3)31-36-23(15-46-31)28(42)35-21(14-20-10-7-6-8-11-20)33(44)40-13-9-12-24(40)30-39-26(19(4)45-30)29(43)38-25/h6-8,10-11,15-19,21,24-26H,5,9,12-14H2,1-4H3,(H,34,41)(H,35,42)(H,38,43)/t17-,18-,19+,21+,24-,25-,26-/m0/s1. The molecule has 0 spiro atoms. The Morgan fingerprint density at radius 2 is 1.64 bits per heavy atom. The largest absolute Gasteiger partial charge is 0.474 e. The number of hydrogen-bond acceptors (Lipinski definition) is 10. The lowest BCUT2D eigenvalue weighted by Gasteiger charge is -2.29. The molecule has 5 heterocycles. The molecule has 2 aromatic heterocycles. The number of carbonyl (C=O) groups excluding carboxylic acids is 4. The van der Waals surface area contributed by atoms with Crippen molar-refractivity contribution in [2.75, 3.05) is 6.54 Å². The van der Waals surface area contributed by atoms with Gasteiger partial charge in [0, 0.05) is 23.7 Å². The van der Waals surface area contributed by atoms with Crippen LogP contribution in [0.5, 0.6) is 0 Å². The number of ether oxygens (including phenoxy) is 1. The van der Waals surface area contributed by atoms with Crippen molar-refractivity contribution in [2.45, 2.75) is 89.7 Å². The van der Waals surface area contributed by atoms with Crippen molar-refractivity contribution < 1.29 is 23.9 Å². The van der Waals surface area contributed by atoms with Gasteiger partial charge in [-0.05, 0) is 38.2 Å². The topological polar surface area (TPSA) is 155 Å². The molecule has 1 saturated heterocycles. The number of thiazole rings is 2. The van der Waals surface area contributed by atoms with Gasteiger partial charge in [0.15, 0.2) is 6.04 Å². The molecule has 12 nitrogen and oxygen atoms in total. The lowest BCUT2D eigenvalue weighted by Crippen LogP contribution is -2.52. The number of carbonyl (C=O) groups is 4. The van der Waals surface area contributed by atoms with Crippen molar-refractivity contribution in [3.8, 4) is 0 Å². The van der Waals surface area contributed by atoms with Gasteiger partial charge >= 0.3 is 0 Å². The van der Waals surface area contributed by atoms with E-state index in [0.29, 0.717) is 28.9 Å². The molecule has 248 valence electrons. The molecule has 0 radical (unpaired) electrons. The highest BCUT2D eigenvalue weighted by Gasteiger charge is 2.43. The van der Waals surface area contributed by atoms with E-state index in [1.54, 1.807) is 29.5 Å². The molecule has 3 aromatic rings. The molecular formula is C33H39N7O5S2. The van der Waals surface area contributed by atoms with Crippen LogP contribution in [0.2, 0.25) is 0 Å². The monoisotopic (exact) mass is 677 g/mol. The van der Waals surface area contributed by atoms with Gasteiger partial charge in [-0.3, -0.25) is 19.2 Å². The molecule has 0 unspecified atom stereocenters. The van der Waals surface area contributed by atoms with Gasteiger partial charge in [0.05, 0.1) is 12.1 Å². The number of nitrogens with zero attached hydrogens (tertiary/aromatic N) is 4. The van der Waals surface area contributed by atoms with E-state index < -0.39 is 42.2 Å². The van der Waals surface area contributed by atoms with Crippen molar-refractivity contribution >= 4 is 52.2 Å². The van der Waals surface area contributed by atoms with Crippen molar-refractivity contribution in [3.63, 3.8) is 0 Å². The van der Waals surface area contributed by atoms with Crippen molar-refractivity contribution in [3.05, 3.63) is 68.1 Å². The second kappa shape index (κ2) is 13.9. The highest BCUT2D eigenvalue weighted by atomic mass is 32.1. The van der Waals surface area contributed by atoms with Gasteiger partial charge in [0.2, 0.25) is 17.7 Å². The highest BCUT2D eigenvalue weighted by Crippen LogP contribution is 2.30. The molecule has 0 saturated carbocycles. The first-order chi connectivity index (χ1) is 22.6. The SMILES string of the molecule is CC[C@H](C)[C@@H]1NC(=O)[C@H]2N=C(O[C@@H]2C)[C@@H]2CCCN2C(=O)[C@@H](Cc2ccccc2)NC(=O)c2csc(n2)[C@H](C)NC(=O)c2csc1n2. The van der Waals surface area contributed by atoms with E-state index in [-0.39, 0.29) is 41.4 Å². The number of aromatic nitrogens is 2. The molecule has 7 atom stereocenters. The zero-order valence-electron chi connectivity index (χ0n) is 26.8. The van der Waals surface area contributed by atoms with E-state index in [1.165, 1.54) is 22.7 Å². The van der Waals surface area contributed by atoms with Gasteiger partial charge < -0.3 is 25.6 Å². The summed E-state index contributed by atoms with van der Waals surface area (Å²) >= 11 is 2.57. The highest BCUT2D eigenvalue weighted by molar-refractivity contribution is 7.10. The van der Waals surface area contributed by atoms with E-state index in [1.807, 2.05) is 44.2 Å². The fourth-order valence-corrected chi connectivity index (χ4v) is 7.90. The summed E-state index contributed by atoms with van der Waals surface area (Å²) < 4.78 is 6.17. The van der Waals surface area contributed by atoms with E-state index in [4.69, 9.17) is 9.73 Å². The molecular weight excluding hydrogens is 639 g/mol. The Morgan fingerprint density at radius 1 is 0.957 bits per heavy atom. The second-order valence-corrected chi connectivity index (χ2v) is 14.1. The summed E-state index contributed by atoms with van der Waals surface area (Å²) in [5.41, 5.74) is 1.29. The lowest BCUT2D eigenvalue weighted by atomic mass is 9.99. The predicted molar refractivity (Wildman–Crippen MR) is 178 cm³/mol. The van der Waals surface area contributed by atoms with Gasteiger partial charge in [-0.1, -0.05) is 50.6 Å². The number of nitrogens with one attached hydrogen (secondary N) is 3. The van der Waals surface area contributed by atoms with Gasteiger partial charge in [0.25, 0.3) is 11.8 Å². The van der Waals surface area contributed by atoms with E-state index in [9.17, 15) is 19.2 Å². The summed E-state index contributed by atoms with van der Waals surface area (Å²) in [6.07, 6.45) is 1.87. The fraction of sp³-hybridized carbons (Fsp3) is 0.485. The molecule has 3 aliphatic rings. The van der Waals surface area contributed by atoms with Gasteiger partial charge in [-0.25, -0.2) is 15.0 Å². The van der Waals surface area contributed by atoms with Crippen LogP contribution in [0.15, 0.2) is 46.1 Å². The smallest absolute Gasteiger partial charge is 0.271 e. The minimum atomic E-state index is -0.879. The van der Waals surface area contributed by atoms with Crippen LogP contribution in [0, 0.1) is 5.92 Å². The first kappa shape index (κ1) is 32.8. The summed E-state index contributed by atoms with van der Waals surface area (Å²) in [7, 11) is 0. The summed E-state index contributed by atoms with van der Waals surface area (Å²) in [5, 5.41) is 13.5. The Hall–Kier alpha value is -4.17. The molecule has 14 heteroatoms. The average molecular weight is 678 g/mol. The number of benzene rings is 1. The normalized spacial score (nSPS) is 27.5. The first-order valence-corrected chi connectivity index (χ1v) is 17.8. The molecule has 6 rings (SSSR count). The number of amides is 4. The average Bonchev–Trinajstić information content (AvgIpc) is 3.89. The Bertz CT molecular complexity index is 1670. The predicted octanol–water partition coefficient (Wildman–Crippen LogP) is 3.83. The van der Waals surface area contributed by atoms with Crippen LogP contribution in [-0.2, 0) is 20.7 Å². The fourth-order valence-electron chi connectivity index (χ4n) is 6.11. The summed E-state index contributed by atoms with van der Waals surface area (Å²) in [4.78, 5) is 70.3. The van der Waals surface area contributed by atoms with Gasteiger partial charge in [-0.2, -0.15) is 0 Å². The first-order valence-electron chi connectivity index (χ1n) is 16.0. The minimum absolute atomic E-state index is 0.0332. The maximum atomic E-state index is 14.2. The van der Waals surface area contributed by atoms with Crippen LogP contribution in [0.1, 0.15) is 95.6 Å². The number of rotatable bonds is 4. The molecule has 1 fully saturated rings. The lowest BCUT2D eigenvalue weighted by molar-refractivity contribution is -0.133. The van der Waals surface area contributed by atoms with Crippen LogP contribution >= 0.6 is 22.7 Å². The Labute approximate surface area is 281 Å². The van der Waals surface area contributed by atoms with E-state index in [2.05, 4.69) is 25.9 Å². The molecule has 47 heavy (non-hydrogen) atoms. The number of fused-ring (bicyclic) bond motifs is 7. The Balaban J connectivity index is 1.37. The van der Waals surface area contributed by atoms with Crippen molar-refractivity contribution in [2.24, 2.45) is 10.9 Å². The molecule has 6 bridgehead atoms. The van der Waals surface area contributed by atoms with Crippen LogP contribution in [0.25, 0.3) is 0 Å². The van der Waals surface area contributed by atoms with Crippen molar-refractivity contribution in [1.29, 1.82) is 0 Å².